The Morgan fingerprint density at radius 2 is 2.17 bits per heavy atom. The number of nitriles is 1. The third kappa shape index (κ3) is 2.86. The van der Waals surface area contributed by atoms with E-state index in [1.807, 2.05) is 6.07 Å². The van der Waals surface area contributed by atoms with Crippen molar-refractivity contribution in [2.75, 3.05) is 11.1 Å². The van der Waals surface area contributed by atoms with Crippen molar-refractivity contribution in [2.24, 2.45) is 0 Å². The summed E-state index contributed by atoms with van der Waals surface area (Å²) >= 11 is 0. The van der Waals surface area contributed by atoms with Gasteiger partial charge in [0.25, 0.3) is 0 Å². The highest BCUT2D eigenvalue weighted by atomic mass is 16.2. The molecule has 2 aromatic rings. The number of nitrogens with two attached hydrogens (primary N) is 1. The molecule has 1 heterocycles. The minimum Gasteiger partial charge on any atom is -0.396 e. The van der Waals surface area contributed by atoms with Crippen molar-refractivity contribution in [3.05, 3.63) is 42.2 Å². The lowest BCUT2D eigenvalue weighted by Crippen LogP contribution is -2.18. The fourth-order valence-corrected chi connectivity index (χ4v) is 1.44. The largest absolute Gasteiger partial charge is 0.396 e. The molecular formula is C12H11N5O. The van der Waals surface area contributed by atoms with E-state index in [0.29, 0.717) is 16.9 Å². The minimum absolute atomic E-state index is 0.0944. The van der Waals surface area contributed by atoms with Gasteiger partial charge in [0, 0.05) is 11.9 Å². The molecule has 3 N–H and O–H groups in total. The Morgan fingerprint density at radius 1 is 1.44 bits per heavy atom. The number of carbonyl (C=O) groups excluding carboxylic acids is 1. The summed E-state index contributed by atoms with van der Waals surface area (Å²) in [6.45, 7) is 0.0944. The van der Waals surface area contributed by atoms with Gasteiger partial charge in [0.15, 0.2) is 0 Å². The van der Waals surface area contributed by atoms with Crippen LogP contribution in [0, 0.1) is 11.3 Å². The highest BCUT2D eigenvalue weighted by Crippen LogP contribution is 2.08. The van der Waals surface area contributed by atoms with Gasteiger partial charge in [-0.3, -0.25) is 9.48 Å². The Hall–Kier alpha value is -2.81. The van der Waals surface area contributed by atoms with E-state index in [2.05, 4.69) is 10.4 Å². The first kappa shape index (κ1) is 11.7. The molecule has 0 aliphatic heterocycles. The van der Waals surface area contributed by atoms with Crippen molar-refractivity contribution in [3.8, 4) is 6.07 Å². The molecule has 6 nitrogen and oxygen atoms in total. The summed E-state index contributed by atoms with van der Waals surface area (Å²) in [5.41, 5.74) is 7.20. The van der Waals surface area contributed by atoms with Crippen LogP contribution in [0.15, 0.2) is 36.7 Å². The van der Waals surface area contributed by atoms with Crippen LogP contribution in [-0.2, 0) is 11.3 Å². The van der Waals surface area contributed by atoms with Crippen LogP contribution in [0.4, 0.5) is 11.4 Å². The van der Waals surface area contributed by atoms with Gasteiger partial charge >= 0.3 is 0 Å². The molecule has 2 rings (SSSR count). The summed E-state index contributed by atoms with van der Waals surface area (Å²) in [4.78, 5) is 11.7. The summed E-state index contributed by atoms with van der Waals surface area (Å²) in [6.07, 6.45) is 3.06. The third-order valence-corrected chi connectivity index (χ3v) is 2.26. The Balaban J connectivity index is 1.96. The normalized spacial score (nSPS) is 9.72. The average Bonchev–Trinajstić information content (AvgIpc) is 2.75. The summed E-state index contributed by atoms with van der Waals surface area (Å²) in [5, 5.41) is 15.3. The van der Waals surface area contributed by atoms with Crippen LogP contribution >= 0.6 is 0 Å². The van der Waals surface area contributed by atoms with Crippen molar-refractivity contribution in [1.82, 2.24) is 9.78 Å². The van der Waals surface area contributed by atoms with E-state index in [4.69, 9.17) is 11.0 Å². The molecule has 0 unspecified atom stereocenters. The van der Waals surface area contributed by atoms with E-state index in [1.165, 1.54) is 10.9 Å². The number of aromatic nitrogens is 2. The molecule has 1 amide bonds. The van der Waals surface area contributed by atoms with Gasteiger partial charge in [0.05, 0.1) is 23.5 Å². The highest BCUT2D eigenvalue weighted by Gasteiger charge is 2.04. The quantitative estimate of drug-likeness (QED) is 0.836. The number of amides is 1. The fourth-order valence-electron chi connectivity index (χ4n) is 1.44. The van der Waals surface area contributed by atoms with Gasteiger partial charge < -0.3 is 11.1 Å². The Kier molecular flexibility index (Phi) is 3.25. The van der Waals surface area contributed by atoms with Crippen molar-refractivity contribution in [1.29, 1.82) is 5.26 Å². The maximum atomic E-state index is 11.7. The molecule has 90 valence electrons. The zero-order valence-electron chi connectivity index (χ0n) is 9.50. The molecular weight excluding hydrogens is 230 g/mol. The number of nitrogens with zero attached hydrogens (tertiary/aromatic N) is 3. The van der Waals surface area contributed by atoms with Crippen molar-refractivity contribution < 1.29 is 4.79 Å². The van der Waals surface area contributed by atoms with E-state index in [1.54, 1.807) is 30.5 Å². The minimum atomic E-state index is -0.206. The summed E-state index contributed by atoms with van der Waals surface area (Å²) in [5.74, 6) is -0.206. The van der Waals surface area contributed by atoms with E-state index in [0.717, 1.165) is 0 Å². The second-order valence-electron chi connectivity index (χ2n) is 3.71. The van der Waals surface area contributed by atoms with Crippen LogP contribution in [0.3, 0.4) is 0 Å². The SMILES string of the molecule is N#Cc1ccc(NC(=O)Cn2cc(N)cn2)cc1. The van der Waals surface area contributed by atoms with Crippen LogP contribution in [0.5, 0.6) is 0 Å². The van der Waals surface area contributed by atoms with Crippen molar-refractivity contribution in [3.63, 3.8) is 0 Å². The number of nitrogens with one attached hydrogen (secondary N) is 1. The van der Waals surface area contributed by atoms with Crippen LogP contribution in [0.1, 0.15) is 5.56 Å². The summed E-state index contributed by atoms with van der Waals surface area (Å²) in [7, 11) is 0. The number of nitrogen functional groups attached to an aromatic ring is 1. The first-order valence-electron chi connectivity index (χ1n) is 5.25. The number of carbonyl (C=O) groups is 1. The Bertz CT molecular complexity index is 594. The predicted molar refractivity (Wildman–Crippen MR) is 66.4 cm³/mol. The van der Waals surface area contributed by atoms with E-state index in [-0.39, 0.29) is 12.5 Å². The van der Waals surface area contributed by atoms with Crippen LogP contribution in [0.25, 0.3) is 0 Å². The lowest BCUT2D eigenvalue weighted by molar-refractivity contribution is -0.116. The second kappa shape index (κ2) is 5.01. The van der Waals surface area contributed by atoms with E-state index in [9.17, 15) is 4.79 Å². The zero-order chi connectivity index (χ0) is 13.0. The fraction of sp³-hybridized carbons (Fsp3) is 0.0833. The van der Waals surface area contributed by atoms with Crippen molar-refractivity contribution >= 4 is 17.3 Å². The van der Waals surface area contributed by atoms with E-state index < -0.39 is 0 Å². The third-order valence-electron chi connectivity index (χ3n) is 2.26. The predicted octanol–water partition coefficient (Wildman–Crippen LogP) is 0.976. The first-order chi connectivity index (χ1) is 8.67. The Labute approximate surface area is 104 Å². The van der Waals surface area contributed by atoms with Gasteiger partial charge in [-0.2, -0.15) is 10.4 Å². The zero-order valence-corrected chi connectivity index (χ0v) is 9.50. The lowest BCUT2D eigenvalue weighted by Gasteiger charge is -2.05. The van der Waals surface area contributed by atoms with Gasteiger partial charge in [0.1, 0.15) is 6.54 Å². The van der Waals surface area contributed by atoms with Gasteiger partial charge in [0.2, 0.25) is 5.91 Å². The number of hydrogen-bond donors (Lipinski definition) is 2. The maximum absolute atomic E-state index is 11.7. The summed E-state index contributed by atoms with van der Waals surface area (Å²) in [6, 6.07) is 8.64. The highest BCUT2D eigenvalue weighted by molar-refractivity contribution is 5.90. The lowest BCUT2D eigenvalue weighted by atomic mass is 10.2. The molecule has 0 aliphatic carbocycles. The average molecular weight is 241 g/mol. The van der Waals surface area contributed by atoms with Crippen LogP contribution in [-0.4, -0.2) is 15.7 Å². The van der Waals surface area contributed by atoms with Gasteiger partial charge in [-0.15, -0.1) is 0 Å². The first-order valence-corrected chi connectivity index (χ1v) is 5.25. The molecule has 0 spiro atoms. The van der Waals surface area contributed by atoms with Crippen LogP contribution in [0.2, 0.25) is 0 Å². The molecule has 6 heteroatoms. The number of anilines is 2. The molecule has 1 aromatic heterocycles. The number of rotatable bonds is 3. The van der Waals surface area contributed by atoms with Gasteiger partial charge in [-0.05, 0) is 24.3 Å². The van der Waals surface area contributed by atoms with Gasteiger partial charge in [-0.25, -0.2) is 0 Å². The number of hydrogen-bond acceptors (Lipinski definition) is 4. The van der Waals surface area contributed by atoms with Crippen LogP contribution < -0.4 is 11.1 Å². The molecule has 0 bridgehead atoms. The summed E-state index contributed by atoms with van der Waals surface area (Å²) < 4.78 is 1.45. The van der Waals surface area contributed by atoms with Crippen molar-refractivity contribution in [2.45, 2.75) is 6.54 Å². The molecule has 0 saturated carbocycles. The standard InChI is InChI=1S/C12H11N5O/c13-5-9-1-3-11(4-2-9)16-12(18)8-17-7-10(14)6-15-17/h1-4,6-7H,8,14H2,(H,16,18). The molecule has 0 aliphatic rings. The molecule has 0 atom stereocenters. The monoisotopic (exact) mass is 241 g/mol. The van der Waals surface area contributed by atoms with E-state index >= 15 is 0 Å². The Morgan fingerprint density at radius 3 is 2.72 bits per heavy atom. The molecule has 18 heavy (non-hydrogen) atoms. The molecule has 0 saturated heterocycles. The number of benzene rings is 1. The maximum Gasteiger partial charge on any atom is 0.246 e. The molecule has 0 radical (unpaired) electrons. The topological polar surface area (TPSA) is 96.7 Å². The molecule has 0 fully saturated rings. The molecule has 1 aromatic carbocycles. The second-order valence-corrected chi connectivity index (χ2v) is 3.71. The smallest absolute Gasteiger partial charge is 0.246 e. The van der Waals surface area contributed by atoms with Gasteiger partial charge in [-0.1, -0.05) is 0 Å².